The first-order chi connectivity index (χ1) is 12.0. The molecule has 4 heteroatoms. The van der Waals surface area contributed by atoms with E-state index in [-0.39, 0.29) is 18.3 Å². The third-order valence-electron chi connectivity index (χ3n) is 4.81. The van der Waals surface area contributed by atoms with E-state index in [4.69, 9.17) is 4.74 Å². The van der Waals surface area contributed by atoms with Crippen molar-refractivity contribution in [3.8, 4) is 5.75 Å². The van der Waals surface area contributed by atoms with Gasteiger partial charge in [0.2, 0.25) is 5.91 Å². The van der Waals surface area contributed by atoms with Crippen LogP contribution in [0.4, 0.5) is 5.69 Å². The van der Waals surface area contributed by atoms with Gasteiger partial charge in [-0.3, -0.25) is 9.59 Å². The number of ether oxygens (including phenoxy) is 1. The lowest BCUT2D eigenvalue weighted by molar-refractivity contribution is -0.139. The molecule has 1 atom stereocenters. The Hall–Kier alpha value is -2.62. The minimum atomic E-state index is -0.431. The van der Waals surface area contributed by atoms with Gasteiger partial charge in [-0.1, -0.05) is 25.1 Å². The molecule has 1 fully saturated rings. The molecule has 2 aromatic carbocycles. The van der Waals surface area contributed by atoms with Gasteiger partial charge >= 0.3 is 5.97 Å². The van der Waals surface area contributed by atoms with Crippen molar-refractivity contribution in [1.82, 2.24) is 0 Å². The molecule has 1 heterocycles. The van der Waals surface area contributed by atoms with Crippen molar-refractivity contribution in [1.29, 1.82) is 0 Å². The summed E-state index contributed by atoms with van der Waals surface area (Å²) >= 11 is 0. The molecular formula is C21H23NO3. The Labute approximate surface area is 148 Å². The SMILES string of the molecule is CCc1ccc(OC(=O)[C@@H]2CC(=O)N(c3ccc(C)c(C)c3)C2)cc1. The fourth-order valence-electron chi connectivity index (χ4n) is 3.00. The maximum Gasteiger partial charge on any atom is 0.316 e. The van der Waals surface area contributed by atoms with E-state index in [1.54, 1.807) is 17.0 Å². The zero-order valence-corrected chi connectivity index (χ0v) is 14.9. The van der Waals surface area contributed by atoms with Gasteiger partial charge in [-0.2, -0.15) is 0 Å². The molecule has 4 nitrogen and oxygen atoms in total. The Bertz CT molecular complexity index is 795. The fraction of sp³-hybridized carbons (Fsp3) is 0.333. The van der Waals surface area contributed by atoms with Gasteiger partial charge in [-0.15, -0.1) is 0 Å². The van der Waals surface area contributed by atoms with E-state index in [1.807, 2.05) is 44.2 Å². The number of anilines is 1. The van der Waals surface area contributed by atoms with Crippen molar-refractivity contribution < 1.29 is 14.3 Å². The molecule has 0 spiro atoms. The number of nitrogens with zero attached hydrogens (tertiary/aromatic N) is 1. The summed E-state index contributed by atoms with van der Waals surface area (Å²) in [7, 11) is 0. The van der Waals surface area contributed by atoms with Crippen LogP contribution < -0.4 is 9.64 Å². The topological polar surface area (TPSA) is 46.6 Å². The van der Waals surface area contributed by atoms with E-state index in [1.165, 1.54) is 11.1 Å². The molecule has 0 unspecified atom stereocenters. The molecule has 0 N–H and O–H groups in total. The molecule has 130 valence electrons. The first kappa shape index (κ1) is 17.2. The molecule has 25 heavy (non-hydrogen) atoms. The Morgan fingerprint density at radius 3 is 2.48 bits per heavy atom. The summed E-state index contributed by atoms with van der Waals surface area (Å²) in [6, 6.07) is 13.4. The average molecular weight is 337 g/mol. The molecule has 1 amide bonds. The number of esters is 1. The number of carbonyl (C=O) groups excluding carboxylic acids is 2. The Kier molecular flexibility index (Phi) is 4.88. The van der Waals surface area contributed by atoms with Crippen LogP contribution in [-0.4, -0.2) is 18.4 Å². The maximum atomic E-state index is 12.4. The minimum absolute atomic E-state index is 0.0356. The van der Waals surface area contributed by atoms with Gasteiger partial charge in [0.05, 0.1) is 5.92 Å². The largest absolute Gasteiger partial charge is 0.426 e. The smallest absolute Gasteiger partial charge is 0.316 e. The summed E-state index contributed by atoms with van der Waals surface area (Å²) < 4.78 is 5.46. The van der Waals surface area contributed by atoms with Crippen molar-refractivity contribution in [2.45, 2.75) is 33.6 Å². The summed E-state index contributed by atoms with van der Waals surface area (Å²) in [4.78, 5) is 26.4. The number of aryl methyl sites for hydroxylation is 3. The van der Waals surface area contributed by atoms with E-state index in [9.17, 15) is 9.59 Å². The summed E-state index contributed by atoms with van der Waals surface area (Å²) in [5.74, 6) is -0.283. The van der Waals surface area contributed by atoms with Gasteiger partial charge in [0.15, 0.2) is 0 Å². The highest BCUT2D eigenvalue weighted by Crippen LogP contribution is 2.28. The van der Waals surface area contributed by atoms with Crippen molar-refractivity contribution >= 4 is 17.6 Å². The normalized spacial score (nSPS) is 17.0. The number of hydrogen-bond acceptors (Lipinski definition) is 3. The molecule has 0 bridgehead atoms. The predicted octanol–water partition coefficient (Wildman–Crippen LogP) is 3.82. The molecule has 0 aliphatic carbocycles. The minimum Gasteiger partial charge on any atom is -0.426 e. The van der Waals surface area contributed by atoms with Crippen LogP contribution in [0.25, 0.3) is 0 Å². The second-order valence-corrected chi connectivity index (χ2v) is 6.59. The third-order valence-corrected chi connectivity index (χ3v) is 4.81. The molecular weight excluding hydrogens is 314 g/mol. The van der Waals surface area contributed by atoms with E-state index >= 15 is 0 Å². The highest BCUT2D eigenvalue weighted by atomic mass is 16.5. The van der Waals surface area contributed by atoms with Crippen LogP contribution in [-0.2, 0) is 16.0 Å². The number of hydrogen-bond donors (Lipinski definition) is 0. The molecule has 1 aliphatic rings. The van der Waals surface area contributed by atoms with E-state index in [0.717, 1.165) is 17.7 Å². The third kappa shape index (κ3) is 3.73. The predicted molar refractivity (Wildman–Crippen MR) is 97.8 cm³/mol. The number of carbonyl (C=O) groups is 2. The molecule has 0 saturated carbocycles. The summed E-state index contributed by atoms with van der Waals surface area (Å²) in [5, 5.41) is 0. The highest BCUT2D eigenvalue weighted by Gasteiger charge is 2.36. The van der Waals surface area contributed by atoms with Gasteiger partial charge in [-0.05, 0) is 61.2 Å². The van der Waals surface area contributed by atoms with Crippen molar-refractivity contribution in [2.24, 2.45) is 5.92 Å². The Balaban J connectivity index is 1.68. The maximum absolute atomic E-state index is 12.4. The zero-order valence-electron chi connectivity index (χ0n) is 14.9. The van der Waals surface area contributed by atoms with Crippen LogP contribution in [0.3, 0.4) is 0 Å². The van der Waals surface area contributed by atoms with Crippen LogP contribution in [0, 0.1) is 19.8 Å². The van der Waals surface area contributed by atoms with Crippen LogP contribution in [0.2, 0.25) is 0 Å². The van der Waals surface area contributed by atoms with Crippen LogP contribution >= 0.6 is 0 Å². The average Bonchev–Trinajstić information content (AvgIpc) is 3.00. The monoisotopic (exact) mass is 337 g/mol. The molecule has 2 aromatic rings. The van der Waals surface area contributed by atoms with Gasteiger partial charge in [-0.25, -0.2) is 0 Å². The van der Waals surface area contributed by atoms with E-state index < -0.39 is 5.92 Å². The van der Waals surface area contributed by atoms with Crippen LogP contribution in [0.15, 0.2) is 42.5 Å². The quantitative estimate of drug-likeness (QED) is 0.629. The summed E-state index contributed by atoms with van der Waals surface area (Å²) in [5.41, 5.74) is 4.35. The van der Waals surface area contributed by atoms with Crippen LogP contribution in [0.5, 0.6) is 5.75 Å². The molecule has 3 rings (SSSR count). The zero-order chi connectivity index (χ0) is 18.0. The fourth-order valence-corrected chi connectivity index (χ4v) is 3.00. The lowest BCUT2D eigenvalue weighted by Crippen LogP contribution is -2.27. The van der Waals surface area contributed by atoms with Crippen molar-refractivity contribution in [3.63, 3.8) is 0 Å². The lowest BCUT2D eigenvalue weighted by atomic mass is 10.1. The van der Waals surface area contributed by atoms with Gasteiger partial charge < -0.3 is 9.64 Å². The van der Waals surface area contributed by atoms with E-state index in [2.05, 4.69) is 6.92 Å². The molecule has 0 aromatic heterocycles. The Morgan fingerprint density at radius 2 is 1.84 bits per heavy atom. The summed E-state index contributed by atoms with van der Waals surface area (Å²) in [6.45, 7) is 6.50. The van der Waals surface area contributed by atoms with Crippen molar-refractivity contribution in [2.75, 3.05) is 11.4 Å². The van der Waals surface area contributed by atoms with Crippen molar-refractivity contribution in [3.05, 3.63) is 59.2 Å². The molecule has 1 saturated heterocycles. The molecule has 0 radical (unpaired) electrons. The Morgan fingerprint density at radius 1 is 1.12 bits per heavy atom. The highest BCUT2D eigenvalue weighted by molar-refractivity contribution is 5.99. The second-order valence-electron chi connectivity index (χ2n) is 6.59. The summed E-state index contributed by atoms with van der Waals surface area (Å²) in [6.07, 6.45) is 1.13. The number of benzene rings is 2. The van der Waals surface area contributed by atoms with E-state index in [0.29, 0.717) is 12.3 Å². The van der Waals surface area contributed by atoms with Gasteiger partial charge in [0.25, 0.3) is 0 Å². The first-order valence-corrected chi connectivity index (χ1v) is 8.66. The number of amides is 1. The number of rotatable bonds is 4. The lowest BCUT2D eigenvalue weighted by Gasteiger charge is -2.17. The first-order valence-electron chi connectivity index (χ1n) is 8.66. The standard InChI is InChI=1S/C21H23NO3/c1-4-16-6-9-19(10-7-16)25-21(24)17-12-20(23)22(13-17)18-8-5-14(2)15(3)11-18/h5-11,17H,4,12-13H2,1-3H3/t17-/m1/s1. The van der Waals surface area contributed by atoms with Gasteiger partial charge in [0, 0.05) is 18.7 Å². The molecule has 1 aliphatic heterocycles. The van der Waals surface area contributed by atoms with Crippen LogP contribution in [0.1, 0.15) is 30.0 Å². The second kappa shape index (κ2) is 7.09. The van der Waals surface area contributed by atoms with Gasteiger partial charge in [0.1, 0.15) is 5.75 Å².